The topological polar surface area (TPSA) is 24.5 Å². The summed E-state index contributed by atoms with van der Waals surface area (Å²) in [5.74, 6) is 0. The maximum absolute atomic E-state index is 5.35. The summed E-state index contributed by atoms with van der Waals surface area (Å²) in [5, 5.41) is 3.77. The molecule has 112 valence electrons. The SMILES string of the molecule is CCC1(CC)CN(c2ccccc2COC)CCCN1. The summed E-state index contributed by atoms with van der Waals surface area (Å²) in [6.45, 7) is 8.59. The van der Waals surface area contributed by atoms with Gasteiger partial charge in [-0.25, -0.2) is 0 Å². The van der Waals surface area contributed by atoms with E-state index >= 15 is 0 Å². The lowest BCUT2D eigenvalue weighted by molar-refractivity contribution is 0.185. The van der Waals surface area contributed by atoms with Crippen LogP contribution in [0.1, 0.15) is 38.7 Å². The Morgan fingerprint density at radius 1 is 1.25 bits per heavy atom. The second-order valence-corrected chi connectivity index (χ2v) is 5.75. The summed E-state index contributed by atoms with van der Waals surface area (Å²) in [6.07, 6.45) is 3.54. The number of hydrogen-bond donors (Lipinski definition) is 1. The molecule has 1 N–H and O–H groups in total. The number of benzene rings is 1. The van der Waals surface area contributed by atoms with E-state index in [9.17, 15) is 0 Å². The van der Waals surface area contributed by atoms with Gasteiger partial charge in [0, 0.05) is 37.0 Å². The molecule has 0 bridgehead atoms. The Bertz CT molecular complexity index is 415. The van der Waals surface area contributed by atoms with E-state index in [0.717, 1.165) is 19.6 Å². The number of para-hydroxylation sites is 1. The van der Waals surface area contributed by atoms with Crippen molar-refractivity contribution < 1.29 is 4.74 Å². The Morgan fingerprint density at radius 3 is 2.70 bits per heavy atom. The summed E-state index contributed by atoms with van der Waals surface area (Å²) in [7, 11) is 1.77. The van der Waals surface area contributed by atoms with E-state index in [1.165, 1.54) is 30.5 Å². The third-order valence-electron chi connectivity index (χ3n) is 4.58. The molecule has 0 aliphatic carbocycles. The van der Waals surface area contributed by atoms with Crippen molar-refractivity contribution in [1.29, 1.82) is 0 Å². The maximum atomic E-state index is 5.35. The van der Waals surface area contributed by atoms with Gasteiger partial charge in [0.15, 0.2) is 0 Å². The third-order valence-corrected chi connectivity index (χ3v) is 4.58. The van der Waals surface area contributed by atoms with Gasteiger partial charge in [0.2, 0.25) is 0 Å². The Balaban J connectivity index is 2.26. The van der Waals surface area contributed by atoms with Gasteiger partial charge in [-0.3, -0.25) is 0 Å². The molecule has 1 aromatic carbocycles. The summed E-state index contributed by atoms with van der Waals surface area (Å²) in [4.78, 5) is 2.54. The number of nitrogens with zero attached hydrogens (tertiary/aromatic N) is 1. The quantitative estimate of drug-likeness (QED) is 0.894. The van der Waals surface area contributed by atoms with Crippen LogP contribution in [0.5, 0.6) is 0 Å². The average molecular weight is 276 g/mol. The molecule has 0 amide bonds. The molecule has 1 aliphatic rings. The first-order valence-corrected chi connectivity index (χ1v) is 7.81. The Kier molecular flexibility index (Phi) is 5.44. The van der Waals surface area contributed by atoms with Crippen LogP contribution >= 0.6 is 0 Å². The molecule has 1 aromatic rings. The van der Waals surface area contributed by atoms with Gasteiger partial charge >= 0.3 is 0 Å². The molecule has 2 rings (SSSR count). The monoisotopic (exact) mass is 276 g/mol. The van der Waals surface area contributed by atoms with E-state index in [4.69, 9.17) is 4.74 Å². The van der Waals surface area contributed by atoms with E-state index in [1.54, 1.807) is 7.11 Å². The standard InChI is InChI=1S/C17H28N2O/c1-4-17(5-2)14-19(12-8-11-18-17)16-10-7-6-9-15(16)13-20-3/h6-7,9-10,18H,4-5,8,11-14H2,1-3H3. The van der Waals surface area contributed by atoms with Crippen LogP contribution in [0.4, 0.5) is 5.69 Å². The van der Waals surface area contributed by atoms with Crippen molar-refractivity contribution >= 4 is 5.69 Å². The fourth-order valence-electron chi connectivity index (χ4n) is 3.15. The molecule has 1 heterocycles. The van der Waals surface area contributed by atoms with E-state index in [-0.39, 0.29) is 5.54 Å². The van der Waals surface area contributed by atoms with Crippen molar-refractivity contribution in [1.82, 2.24) is 5.32 Å². The minimum absolute atomic E-state index is 0.247. The summed E-state index contributed by atoms with van der Waals surface area (Å²) >= 11 is 0. The van der Waals surface area contributed by atoms with E-state index in [1.807, 2.05) is 0 Å². The Labute approximate surface area is 123 Å². The molecule has 1 saturated heterocycles. The number of hydrogen-bond acceptors (Lipinski definition) is 3. The molecule has 20 heavy (non-hydrogen) atoms. The molecule has 3 heteroatoms. The lowest BCUT2D eigenvalue weighted by Gasteiger charge is -2.37. The van der Waals surface area contributed by atoms with E-state index in [2.05, 4.69) is 48.3 Å². The van der Waals surface area contributed by atoms with Crippen molar-refractivity contribution in [3.8, 4) is 0 Å². The molecule has 0 spiro atoms. The predicted octanol–water partition coefficient (Wildman–Crippen LogP) is 3.19. The molecule has 0 radical (unpaired) electrons. The molecule has 0 atom stereocenters. The molecular weight excluding hydrogens is 248 g/mol. The highest BCUT2D eigenvalue weighted by Crippen LogP contribution is 2.27. The van der Waals surface area contributed by atoms with Crippen molar-refractivity contribution in [2.24, 2.45) is 0 Å². The zero-order valence-corrected chi connectivity index (χ0v) is 13.1. The minimum Gasteiger partial charge on any atom is -0.380 e. The van der Waals surface area contributed by atoms with Gasteiger partial charge in [0.25, 0.3) is 0 Å². The van der Waals surface area contributed by atoms with Gasteiger partial charge in [-0.2, -0.15) is 0 Å². The molecule has 0 unspecified atom stereocenters. The predicted molar refractivity (Wildman–Crippen MR) is 85.3 cm³/mol. The van der Waals surface area contributed by atoms with Gasteiger partial charge in [-0.15, -0.1) is 0 Å². The second kappa shape index (κ2) is 7.09. The fraction of sp³-hybridized carbons (Fsp3) is 0.647. The Hall–Kier alpha value is -1.06. The van der Waals surface area contributed by atoms with Crippen LogP contribution in [0.25, 0.3) is 0 Å². The summed E-state index contributed by atoms with van der Waals surface area (Å²) in [5.41, 5.74) is 2.87. The first-order valence-electron chi connectivity index (χ1n) is 7.81. The largest absolute Gasteiger partial charge is 0.380 e. The van der Waals surface area contributed by atoms with Crippen molar-refractivity contribution in [2.75, 3.05) is 31.6 Å². The summed E-state index contributed by atoms with van der Waals surface area (Å²) in [6, 6.07) is 8.64. The lowest BCUT2D eigenvalue weighted by atomic mass is 9.92. The van der Waals surface area contributed by atoms with Crippen LogP contribution in [0.15, 0.2) is 24.3 Å². The molecule has 0 saturated carbocycles. The fourth-order valence-corrected chi connectivity index (χ4v) is 3.15. The average Bonchev–Trinajstić information content (AvgIpc) is 2.71. The molecule has 1 fully saturated rings. The van der Waals surface area contributed by atoms with Crippen LogP contribution in [0.2, 0.25) is 0 Å². The van der Waals surface area contributed by atoms with Crippen LogP contribution in [-0.2, 0) is 11.3 Å². The zero-order valence-electron chi connectivity index (χ0n) is 13.1. The highest BCUT2D eigenvalue weighted by Gasteiger charge is 2.30. The van der Waals surface area contributed by atoms with Gasteiger partial charge in [0.1, 0.15) is 0 Å². The number of anilines is 1. The number of nitrogens with one attached hydrogen (secondary N) is 1. The second-order valence-electron chi connectivity index (χ2n) is 5.75. The molecule has 3 nitrogen and oxygen atoms in total. The van der Waals surface area contributed by atoms with Crippen LogP contribution < -0.4 is 10.2 Å². The molecule has 0 aromatic heterocycles. The molecule has 1 aliphatic heterocycles. The van der Waals surface area contributed by atoms with Crippen molar-refractivity contribution in [3.63, 3.8) is 0 Å². The Morgan fingerprint density at radius 2 is 2.00 bits per heavy atom. The van der Waals surface area contributed by atoms with E-state index < -0.39 is 0 Å². The van der Waals surface area contributed by atoms with Crippen LogP contribution in [0.3, 0.4) is 0 Å². The zero-order chi connectivity index (χ0) is 14.4. The van der Waals surface area contributed by atoms with Gasteiger partial charge < -0.3 is 15.0 Å². The number of rotatable bonds is 5. The first kappa shape index (κ1) is 15.3. The minimum atomic E-state index is 0.247. The van der Waals surface area contributed by atoms with Crippen molar-refractivity contribution in [2.45, 2.75) is 45.3 Å². The van der Waals surface area contributed by atoms with E-state index in [0.29, 0.717) is 6.61 Å². The lowest BCUT2D eigenvalue weighted by Crippen LogP contribution is -2.50. The first-order chi connectivity index (χ1) is 9.74. The van der Waals surface area contributed by atoms with Crippen LogP contribution in [-0.4, -0.2) is 32.3 Å². The van der Waals surface area contributed by atoms with Crippen LogP contribution in [0, 0.1) is 0 Å². The highest BCUT2D eigenvalue weighted by atomic mass is 16.5. The van der Waals surface area contributed by atoms with Gasteiger partial charge in [-0.1, -0.05) is 32.0 Å². The maximum Gasteiger partial charge on any atom is 0.0733 e. The summed E-state index contributed by atoms with van der Waals surface area (Å²) < 4.78 is 5.35. The third kappa shape index (κ3) is 3.33. The normalized spacial score (nSPS) is 18.9. The van der Waals surface area contributed by atoms with Crippen molar-refractivity contribution in [3.05, 3.63) is 29.8 Å². The number of ether oxygens (including phenoxy) is 1. The smallest absolute Gasteiger partial charge is 0.0733 e. The number of methoxy groups -OCH3 is 1. The van der Waals surface area contributed by atoms with Gasteiger partial charge in [0.05, 0.1) is 6.61 Å². The molecular formula is C17H28N2O. The van der Waals surface area contributed by atoms with Gasteiger partial charge in [-0.05, 0) is 31.9 Å². The highest BCUT2D eigenvalue weighted by molar-refractivity contribution is 5.54.